The zero-order valence-electron chi connectivity index (χ0n) is 15.1. The van der Waals surface area contributed by atoms with Crippen molar-refractivity contribution in [2.45, 2.75) is 19.3 Å². The van der Waals surface area contributed by atoms with Crippen molar-refractivity contribution in [2.75, 3.05) is 18.0 Å². The molecule has 0 atom stereocenters. The lowest BCUT2D eigenvalue weighted by Crippen LogP contribution is -2.29. The largest absolute Gasteiger partial charge is 0.366 e. The normalized spacial score (nSPS) is 14.2. The van der Waals surface area contributed by atoms with Crippen molar-refractivity contribution in [1.29, 1.82) is 0 Å². The molecule has 2 aromatic rings. The molecule has 0 aromatic heterocycles. The van der Waals surface area contributed by atoms with Gasteiger partial charge < -0.3 is 4.90 Å². The summed E-state index contributed by atoms with van der Waals surface area (Å²) in [5.41, 5.74) is 1.38. The van der Waals surface area contributed by atoms with Crippen LogP contribution in [0.15, 0.2) is 48.5 Å². The summed E-state index contributed by atoms with van der Waals surface area (Å²) in [6.45, 7) is 1.60. The van der Waals surface area contributed by atoms with Crippen LogP contribution in [0.3, 0.4) is 0 Å². The second-order valence-electron chi connectivity index (χ2n) is 6.55. The maximum atomic E-state index is 12.2. The minimum atomic E-state index is -0.535. The summed E-state index contributed by atoms with van der Waals surface area (Å²) >= 11 is 0. The van der Waals surface area contributed by atoms with Gasteiger partial charge in [-0.3, -0.25) is 25.0 Å². The van der Waals surface area contributed by atoms with Crippen molar-refractivity contribution in [3.63, 3.8) is 0 Å². The first-order valence-electron chi connectivity index (χ1n) is 8.96. The summed E-state index contributed by atoms with van der Waals surface area (Å²) in [6, 6.07) is 10.2. The van der Waals surface area contributed by atoms with Crippen molar-refractivity contribution < 1.29 is 14.6 Å². The van der Waals surface area contributed by atoms with Gasteiger partial charge in [0.1, 0.15) is 5.69 Å². The predicted molar refractivity (Wildman–Crippen MR) is 106 cm³/mol. The summed E-state index contributed by atoms with van der Waals surface area (Å²) in [4.78, 5) is 35.5. The smallest absolute Gasteiger partial charge is 0.293 e. The van der Waals surface area contributed by atoms with Crippen LogP contribution in [-0.2, 0) is 0 Å². The highest BCUT2D eigenvalue weighted by Crippen LogP contribution is 2.31. The quantitative estimate of drug-likeness (QED) is 0.318. The number of carbonyl (C=O) groups is 1. The number of ketones is 1. The molecular weight excluding hydrogens is 362 g/mol. The number of hydrogen-bond acceptors (Lipinski definition) is 6. The molecule has 0 spiro atoms. The number of hydrogen-bond donors (Lipinski definition) is 0. The van der Waals surface area contributed by atoms with E-state index in [-0.39, 0.29) is 17.2 Å². The van der Waals surface area contributed by atoms with E-state index in [2.05, 4.69) is 0 Å². The Morgan fingerprint density at radius 1 is 0.929 bits per heavy atom. The van der Waals surface area contributed by atoms with E-state index in [1.807, 2.05) is 4.90 Å². The highest BCUT2D eigenvalue weighted by molar-refractivity contribution is 6.07. The van der Waals surface area contributed by atoms with Gasteiger partial charge >= 0.3 is 0 Å². The molecule has 2 aromatic carbocycles. The number of anilines is 1. The van der Waals surface area contributed by atoms with Crippen LogP contribution < -0.4 is 4.90 Å². The lowest BCUT2D eigenvalue weighted by atomic mass is 10.1. The fourth-order valence-corrected chi connectivity index (χ4v) is 3.21. The predicted octanol–water partition coefficient (Wildman–Crippen LogP) is 4.39. The Kier molecular flexibility index (Phi) is 5.78. The van der Waals surface area contributed by atoms with Gasteiger partial charge in [-0.05, 0) is 49.1 Å². The molecule has 0 radical (unpaired) electrons. The Morgan fingerprint density at radius 2 is 1.61 bits per heavy atom. The molecule has 1 fully saturated rings. The number of nitrogens with zero attached hydrogens (tertiary/aromatic N) is 3. The lowest BCUT2D eigenvalue weighted by molar-refractivity contribution is -0.384. The monoisotopic (exact) mass is 381 g/mol. The molecule has 0 N–H and O–H groups in total. The summed E-state index contributed by atoms with van der Waals surface area (Å²) in [5, 5.41) is 22.2. The van der Waals surface area contributed by atoms with E-state index in [0.717, 1.165) is 32.4 Å². The van der Waals surface area contributed by atoms with Gasteiger partial charge in [0, 0.05) is 36.9 Å². The van der Waals surface area contributed by atoms with Crippen LogP contribution in [0.2, 0.25) is 0 Å². The molecular formula is C20H19N3O5. The molecule has 28 heavy (non-hydrogen) atoms. The molecule has 3 rings (SSSR count). The first-order valence-corrected chi connectivity index (χ1v) is 8.96. The Labute approximate surface area is 161 Å². The van der Waals surface area contributed by atoms with Gasteiger partial charge in [-0.15, -0.1) is 0 Å². The number of carbonyl (C=O) groups excluding carboxylic acids is 1. The first-order chi connectivity index (χ1) is 13.5. The second-order valence-corrected chi connectivity index (χ2v) is 6.55. The number of rotatable bonds is 6. The number of piperidine rings is 1. The van der Waals surface area contributed by atoms with Crippen LogP contribution in [0, 0.1) is 20.2 Å². The van der Waals surface area contributed by atoms with Crippen molar-refractivity contribution in [3.05, 3.63) is 79.9 Å². The average molecular weight is 381 g/mol. The van der Waals surface area contributed by atoms with E-state index in [4.69, 9.17) is 0 Å². The molecule has 0 saturated carbocycles. The molecule has 1 aliphatic rings. The van der Waals surface area contributed by atoms with Crippen molar-refractivity contribution >= 4 is 28.9 Å². The van der Waals surface area contributed by atoms with E-state index in [0.29, 0.717) is 16.8 Å². The number of benzene rings is 2. The van der Waals surface area contributed by atoms with E-state index in [1.54, 1.807) is 12.1 Å². The number of allylic oxidation sites excluding steroid dienone is 1. The summed E-state index contributed by atoms with van der Waals surface area (Å²) in [6.07, 6.45) is 5.98. The van der Waals surface area contributed by atoms with Crippen LogP contribution >= 0.6 is 0 Å². The van der Waals surface area contributed by atoms with E-state index in [1.165, 1.54) is 42.5 Å². The topological polar surface area (TPSA) is 107 Å². The highest BCUT2D eigenvalue weighted by Gasteiger charge is 2.21. The third kappa shape index (κ3) is 4.40. The summed E-state index contributed by atoms with van der Waals surface area (Å²) in [5.74, 6) is -0.336. The Balaban J connectivity index is 1.79. The van der Waals surface area contributed by atoms with Gasteiger partial charge in [0.25, 0.3) is 11.4 Å². The third-order valence-electron chi connectivity index (χ3n) is 4.68. The number of nitro benzene ring substituents is 2. The summed E-state index contributed by atoms with van der Waals surface area (Å²) < 4.78 is 0. The molecule has 1 heterocycles. The molecule has 8 nitrogen and oxygen atoms in total. The molecule has 0 unspecified atom stereocenters. The van der Waals surface area contributed by atoms with E-state index >= 15 is 0 Å². The van der Waals surface area contributed by atoms with Gasteiger partial charge in [0.2, 0.25) is 0 Å². The lowest BCUT2D eigenvalue weighted by Gasteiger charge is -2.28. The van der Waals surface area contributed by atoms with Gasteiger partial charge in [-0.1, -0.05) is 12.1 Å². The van der Waals surface area contributed by atoms with Crippen LogP contribution in [0.25, 0.3) is 6.08 Å². The minimum absolute atomic E-state index is 0.0202. The Morgan fingerprint density at radius 3 is 2.21 bits per heavy atom. The summed E-state index contributed by atoms with van der Waals surface area (Å²) in [7, 11) is 0. The minimum Gasteiger partial charge on any atom is -0.366 e. The Hall–Kier alpha value is -3.55. The zero-order valence-corrected chi connectivity index (χ0v) is 15.1. The fourth-order valence-electron chi connectivity index (χ4n) is 3.21. The number of non-ortho nitro benzene ring substituents is 1. The van der Waals surface area contributed by atoms with E-state index in [9.17, 15) is 25.0 Å². The Bertz CT molecular complexity index is 931. The number of nitro groups is 2. The molecule has 0 bridgehead atoms. The standard InChI is InChI=1S/C20H19N3O5/c24-20(16-6-8-17(9-7-16)22(25)26)11-5-15-4-10-18(19(14-15)23(27)28)21-12-2-1-3-13-21/h4-11,14H,1-3,12-13H2/b11-5+. The van der Waals surface area contributed by atoms with Crippen molar-refractivity contribution in [3.8, 4) is 0 Å². The molecule has 1 saturated heterocycles. The molecule has 0 aliphatic carbocycles. The van der Waals surface area contributed by atoms with Gasteiger partial charge in [-0.25, -0.2) is 0 Å². The van der Waals surface area contributed by atoms with Crippen LogP contribution in [0.1, 0.15) is 35.2 Å². The van der Waals surface area contributed by atoms with Crippen LogP contribution in [0.4, 0.5) is 17.1 Å². The maximum Gasteiger partial charge on any atom is 0.293 e. The first kappa shape index (κ1) is 19.2. The molecule has 0 amide bonds. The highest BCUT2D eigenvalue weighted by atomic mass is 16.6. The molecule has 1 aliphatic heterocycles. The average Bonchev–Trinajstić information content (AvgIpc) is 2.72. The van der Waals surface area contributed by atoms with Gasteiger partial charge in [-0.2, -0.15) is 0 Å². The second kappa shape index (κ2) is 8.43. The fraction of sp³-hybridized carbons (Fsp3) is 0.250. The van der Waals surface area contributed by atoms with Gasteiger partial charge in [0.15, 0.2) is 5.78 Å². The van der Waals surface area contributed by atoms with Crippen molar-refractivity contribution in [1.82, 2.24) is 0 Å². The zero-order chi connectivity index (χ0) is 20.1. The SMILES string of the molecule is O=C(/C=C/c1ccc(N2CCCCC2)c([N+](=O)[O-])c1)c1ccc([N+](=O)[O-])cc1. The van der Waals surface area contributed by atoms with Gasteiger partial charge in [0.05, 0.1) is 9.85 Å². The van der Waals surface area contributed by atoms with Crippen LogP contribution in [0.5, 0.6) is 0 Å². The molecule has 8 heteroatoms. The molecule has 144 valence electrons. The van der Waals surface area contributed by atoms with Crippen molar-refractivity contribution in [2.24, 2.45) is 0 Å². The van der Waals surface area contributed by atoms with E-state index < -0.39 is 9.85 Å². The third-order valence-corrected chi connectivity index (χ3v) is 4.68. The van der Waals surface area contributed by atoms with Crippen LogP contribution in [-0.4, -0.2) is 28.7 Å². The maximum absolute atomic E-state index is 12.2.